The summed E-state index contributed by atoms with van der Waals surface area (Å²) in [5, 5.41) is 7.07. The van der Waals surface area contributed by atoms with Crippen molar-refractivity contribution >= 4 is 27.5 Å². The first-order valence-electron chi connectivity index (χ1n) is 8.10. The first-order valence-corrected chi connectivity index (χ1v) is 8.89. The Hall–Kier alpha value is -3.07. The summed E-state index contributed by atoms with van der Waals surface area (Å²) in [4.78, 5) is 17.1. The molecule has 0 saturated heterocycles. The molecule has 1 amide bonds. The third-order valence-corrected chi connectivity index (χ3v) is 4.30. The molecule has 0 radical (unpaired) electrons. The van der Waals surface area contributed by atoms with Gasteiger partial charge in [-0.25, -0.2) is 9.67 Å². The Bertz CT molecular complexity index is 988. The highest BCUT2D eigenvalue weighted by Crippen LogP contribution is 2.40. The van der Waals surface area contributed by atoms with Gasteiger partial charge in [0.25, 0.3) is 5.91 Å². The number of halogens is 1. The Morgan fingerprint density at radius 1 is 1.33 bits per heavy atom. The van der Waals surface area contributed by atoms with E-state index in [2.05, 4.69) is 31.3 Å². The van der Waals surface area contributed by atoms with Crippen LogP contribution >= 0.6 is 15.9 Å². The van der Waals surface area contributed by atoms with Gasteiger partial charge < -0.3 is 19.5 Å². The van der Waals surface area contributed by atoms with Crippen LogP contribution in [0.4, 0.5) is 5.69 Å². The summed E-state index contributed by atoms with van der Waals surface area (Å²) in [6.45, 7) is 0.857. The minimum absolute atomic E-state index is 0.328. The van der Waals surface area contributed by atoms with Crippen LogP contribution in [0.1, 0.15) is 10.4 Å². The number of hydrogen-bond acceptors (Lipinski definition) is 6. The molecule has 1 aliphatic heterocycles. The van der Waals surface area contributed by atoms with Gasteiger partial charge in [-0.05, 0) is 40.2 Å². The molecule has 9 heteroatoms. The number of pyridine rings is 1. The van der Waals surface area contributed by atoms with Crippen LogP contribution in [-0.4, -0.2) is 41.0 Å². The molecule has 0 unspecified atom stereocenters. The summed E-state index contributed by atoms with van der Waals surface area (Å²) < 4.78 is 18.9. The number of carbonyl (C=O) groups is 1. The number of nitrogens with zero attached hydrogens (tertiary/aromatic N) is 3. The van der Waals surface area contributed by atoms with E-state index in [0.29, 0.717) is 47.5 Å². The zero-order valence-corrected chi connectivity index (χ0v) is 15.9. The van der Waals surface area contributed by atoms with E-state index in [1.165, 1.54) is 7.11 Å². The molecule has 4 rings (SSSR count). The van der Waals surface area contributed by atoms with Gasteiger partial charge in [-0.2, -0.15) is 5.10 Å². The second kappa shape index (κ2) is 7.28. The van der Waals surface area contributed by atoms with Crippen LogP contribution in [0.5, 0.6) is 17.2 Å². The predicted octanol–water partition coefficient (Wildman–Crippen LogP) is 3.06. The second-order valence-corrected chi connectivity index (χ2v) is 6.55. The maximum Gasteiger partial charge on any atom is 0.256 e. The number of aromatic nitrogens is 3. The molecule has 138 valence electrons. The summed E-state index contributed by atoms with van der Waals surface area (Å²) in [7, 11) is 1.52. The summed E-state index contributed by atoms with van der Waals surface area (Å²) in [5.41, 5.74) is 0.902. The third kappa shape index (κ3) is 3.45. The van der Waals surface area contributed by atoms with Crippen LogP contribution in [-0.2, 0) is 0 Å². The van der Waals surface area contributed by atoms with E-state index in [-0.39, 0.29) is 5.91 Å². The Morgan fingerprint density at radius 3 is 2.96 bits per heavy atom. The Morgan fingerprint density at radius 2 is 2.19 bits per heavy atom. The van der Waals surface area contributed by atoms with Crippen molar-refractivity contribution in [2.75, 3.05) is 25.6 Å². The molecule has 2 aromatic heterocycles. The lowest BCUT2D eigenvalue weighted by molar-refractivity contribution is 0.102. The van der Waals surface area contributed by atoms with Gasteiger partial charge in [-0.3, -0.25) is 4.79 Å². The molecule has 0 saturated carbocycles. The molecule has 3 heterocycles. The van der Waals surface area contributed by atoms with Crippen LogP contribution in [0.25, 0.3) is 5.82 Å². The van der Waals surface area contributed by atoms with Crippen molar-refractivity contribution in [3.63, 3.8) is 0 Å². The van der Waals surface area contributed by atoms with Gasteiger partial charge in [0.2, 0.25) is 5.75 Å². The van der Waals surface area contributed by atoms with Gasteiger partial charge in [0, 0.05) is 18.0 Å². The molecule has 0 bridgehead atoms. The number of methoxy groups -OCH3 is 1. The van der Waals surface area contributed by atoms with Gasteiger partial charge in [0.15, 0.2) is 17.3 Å². The van der Waals surface area contributed by atoms with E-state index in [1.54, 1.807) is 47.5 Å². The molecule has 0 atom stereocenters. The third-order valence-electron chi connectivity index (χ3n) is 3.89. The number of carbonyl (C=O) groups excluding carboxylic acids is 1. The van der Waals surface area contributed by atoms with E-state index in [0.717, 1.165) is 4.47 Å². The molecule has 0 spiro atoms. The molecule has 1 N–H and O–H groups in total. The Labute approximate surface area is 163 Å². The lowest BCUT2D eigenvalue weighted by Crippen LogP contribution is -2.18. The number of fused-ring (bicyclic) bond motifs is 1. The van der Waals surface area contributed by atoms with Crippen molar-refractivity contribution < 1.29 is 19.0 Å². The highest BCUT2D eigenvalue weighted by Gasteiger charge is 2.21. The number of nitrogens with one attached hydrogen (secondary N) is 1. The molecule has 8 nitrogen and oxygen atoms in total. The summed E-state index contributed by atoms with van der Waals surface area (Å²) in [6.07, 6.45) is 5.03. The van der Waals surface area contributed by atoms with Crippen molar-refractivity contribution in [2.24, 2.45) is 0 Å². The van der Waals surface area contributed by atoms with Crippen molar-refractivity contribution in [3.05, 3.63) is 52.9 Å². The smallest absolute Gasteiger partial charge is 0.256 e. The van der Waals surface area contributed by atoms with E-state index in [9.17, 15) is 4.79 Å². The van der Waals surface area contributed by atoms with Gasteiger partial charge in [-0.1, -0.05) is 0 Å². The van der Waals surface area contributed by atoms with E-state index >= 15 is 0 Å². The molecular formula is C18H15BrN4O4. The fraction of sp³-hybridized carbons (Fsp3) is 0.167. The Balaban J connectivity index is 1.66. The molecule has 1 aliphatic rings. The van der Waals surface area contributed by atoms with Crippen molar-refractivity contribution in [1.82, 2.24) is 14.8 Å². The number of rotatable bonds is 4. The van der Waals surface area contributed by atoms with Crippen LogP contribution in [0.3, 0.4) is 0 Å². The fourth-order valence-corrected chi connectivity index (χ4v) is 2.98. The maximum absolute atomic E-state index is 12.8. The van der Waals surface area contributed by atoms with Gasteiger partial charge in [0.05, 0.1) is 23.5 Å². The number of amides is 1. The second-order valence-electron chi connectivity index (χ2n) is 5.63. The largest absolute Gasteiger partial charge is 0.493 e. The minimum atomic E-state index is -0.328. The zero-order chi connectivity index (χ0) is 18.8. The first-order chi connectivity index (χ1) is 13.2. The van der Waals surface area contributed by atoms with Gasteiger partial charge in [-0.15, -0.1) is 0 Å². The van der Waals surface area contributed by atoms with Gasteiger partial charge in [0.1, 0.15) is 13.2 Å². The maximum atomic E-state index is 12.8. The molecule has 1 aromatic carbocycles. The quantitative estimate of drug-likeness (QED) is 0.684. The van der Waals surface area contributed by atoms with Crippen molar-refractivity contribution in [1.29, 1.82) is 0 Å². The molecule has 3 aromatic rings. The predicted molar refractivity (Wildman–Crippen MR) is 101 cm³/mol. The summed E-state index contributed by atoms with van der Waals surface area (Å²) >= 11 is 3.35. The summed E-state index contributed by atoms with van der Waals surface area (Å²) in [6, 6.07) is 6.74. The number of ether oxygens (including phenoxy) is 3. The number of hydrogen-bond donors (Lipinski definition) is 1. The average Bonchev–Trinajstić information content (AvgIpc) is 3.13. The lowest BCUT2D eigenvalue weighted by atomic mass is 10.1. The molecule has 27 heavy (non-hydrogen) atoms. The van der Waals surface area contributed by atoms with Crippen LogP contribution < -0.4 is 19.5 Å². The highest BCUT2D eigenvalue weighted by molar-refractivity contribution is 9.10. The lowest BCUT2D eigenvalue weighted by Gasteiger charge is -2.21. The Kier molecular flexibility index (Phi) is 4.68. The monoisotopic (exact) mass is 430 g/mol. The van der Waals surface area contributed by atoms with E-state index in [4.69, 9.17) is 14.2 Å². The molecule has 0 fully saturated rings. The number of benzene rings is 1. The normalized spacial score (nSPS) is 12.5. The van der Waals surface area contributed by atoms with Gasteiger partial charge >= 0.3 is 0 Å². The van der Waals surface area contributed by atoms with Crippen molar-refractivity contribution in [2.45, 2.75) is 0 Å². The first kappa shape index (κ1) is 17.3. The van der Waals surface area contributed by atoms with Crippen LogP contribution in [0.15, 0.2) is 47.3 Å². The highest BCUT2D eigenvalue weighted by atomic mass is 79.9. The number of anilines is 1. The van der Waals surface area contributed by atoms with E-state index in [1.807, 2.05) is 0 Å². The average molecular weight is 431 g/mol. The SMILES string of the molecule is COc1cc(C(=O)Nc2cccnc2-n2cc(Br)cn2)cc2c1OCCO2. The standard InChI is InChI=1S/C18H15BrN4O4/c1-25-14-7-11(8-15-16(14)27-6-5-26-15)18(24)22-13-3-2-4-20-17(13)23-10-12(19)9-21-23/h2-4,7-10H,5-6H2,1H3,(H,22,24). The minimum Gasteiger partial charge on any atom is -0.493 e. The summed E-state index contributed by atoms with van der Waals surface area (Å²) in [5.74, 6) is 1.60. The molecular weight excluding hydrogens is 416 g/mol. The van der Waals surface area contributed by atoms with Crippen LogP contribution in [0, 0.1) is 0 Å². The topological polar surface area (TPSA) is 87.5 Å². The zero-order valence-electron chi connectivity index (χ0n) is 14.3. The van der Waals surface area contributed by atoms with E-state index < -0.39 is 0 Å². The fourth-order valence-electron chi connectivity index (χ4n) is 2.69. The van der Waals surface area contributed by atoms with Crippen LogP contribution in [0.2, 0.25) is 0 Å². The molecule has 0 aliphatic carbocycles. The van der Waals surface area contributed by atoms with Crippen molar-refractivity contribution in [3.8, 4) is 23.1 Å².